The standard InChI is InChI=1S/C29H28.C7H8/c1-3-4-12-24-18-19-27(21-29(24)28-17-9-8-11-22(28)2)26-16-10-15-25(20-26)23-13-6-5-7-14-23;1-7-5-3-2-4-6-7/h5-11,13-21H,3-4,12H2,1-2H3;2-6H,1H3. The highest BCUT2D eigenvalue weighted by Gasteiger charge is 2.10. The molecule has 0 spiro atoms. The van der Waals surface area contributed by atoms with Gasteiger partial charge in [0, 0.05) is 0 Å². The van der Waals surface area contributed by atoms with E-state index in [0.29, 0.717) is 0 Å². The molecule has 0 aromatic heterocycles. The van der Waals surface area contributed by atoms with Crippen molar-refractivity contribution >= 4 is 0 Å². The summed E-state index contributed by atoms with van der Waals surface area (Å²) in [6, 6.07) is 45.5. The summed E-state index contributed by atoms with van der Waals surface area (Å²) in [6.07, 6.45) is 3.57. The Labute approximate surface area is 217 Å². The van der Waals surface area contributed by atoms with Crippen molar-refractivity contribution in [2.24, 2.45) is 0 Å². The first-order valence-corrected chi connectivity index (χ1v) is 13.0. The number of hydrogen-bond acceptors (Lipinski definition) is 0. The average molecular weight is 469 g/mol. The van der Waals surface area contributed by atoms with Crippen LogP contribution in [-0.2, 0) is 6.42 Å². The molecule has 0 bridgehead atoms. The van der Waals surface area contributed by atoms with Gasteiger partial charge in [-0.2, -0.15) is 0 Å². The number of hydrogen-bond donors (Lipinski definition) is 0. The summed E-state index contributed by atoms with van der Waals surface area (Å²) in [7, 11) is 0. The molecule has 0 fully saturated rings. The fourth-order valence-electron chi connectivity index (χ4n) is 4.51. The molecule has 0 aliphatic carbocycles. The molecular formula is C36H36. The van der Waals surface area contributed by atoms with Gasteiger partial charge in [0.2, 0.25) is 0 Å². The molecule has 0 unspecified atom stereocenters. The molecular weight excluding hydrogens is 432 g/mol. The molecule has 180 valence electrons. The molecule has 0 N–H and O–H groups in total. The molecule has 36 heavy (non-hydrogen) atoms. The Kier molecular flexibility index (Phi) is 8.89. The van der Waals surface area contributed by atoms with E-state index in [1.807, 2.05) is 18.2 Å². The molecule has 5 aromatic rings. The van der Waals surface area contributed by atoms with E-state index in [4.69, 9.17) is 0 Å². The van der Waals surface area contributed by atoms with Gasteiger partial charge in [-0.1, -0.05) is 134 Å². The summed E-state index contributed by atoms with van der Waals surface area (Å²) in [6.45, 7) is 6.55. The Balaban J connectivity index is 0.000000375. The lowest BCUT2D eigenvalue weighted by Crippen LogP contribution is -1.93. The molecule has 5 rings (SSSR count). The molecule has 0 amide bonds. The number of benzene rings is 5. The second-order valence-corrected chi connectivity index (χ2v) is 9.39. The van der Waals surface area contributed by atoms with E-state index in [2.05, 4.69) is 130 Å². The van der Waals surface area contributed by atoms with Crippen molar-refractivity contribution in [1.29, 1.82) is 0 Å². The van der Waals surface area contributed by atoms with Gasteiger partial charge in [-0.15, -0.1) is 0 Å². The zero-order valence-corrected chi connectivity index (χ0v) is 21.7. The Hall–Kier alpha value is -3.90. The third-order valence-electron chi connectivity index (χ3n) is 6.59. The molecule has 0 nitrogen and oxygen atoms in total. The van der Waals surface area contributed by atoms with Gasteiger partial charge < -0.3 is 0 Å². The van der Waals surface area contributed by atoms with Gasteiger partial charge in [0.15, 0.2) is 0 Å². The third kappa shape index (κ3) is 6.61. The van der Waals surface area contributed by atoms with E-state index in [1.165, 1.54) is 62.9 Å². The summed E-state index contributed by atoms with van der Waals surface area (Å²) in [5.41, 5.74) is 11.9. The Morgan fingerprint density at radius 3 is 1.69 bits per heavy atom. The van der Waals surface area contributed by atoms with Gasteiger partial charge in [-0.3, -0.25) is 0 Å². The zero-order chi connectivity index (χ0) is 25.2. The molecule has 5 aromatic carbocycles. The maximum Gasteiger partial charge on any atom is -0.0143 e. The maximum atomic E-state index is 2.39. The smallest absolute Gasteiger partial charge is 0.0143 e. The lowest BCUT2D eigenvalue weighted by Gasteiger charge is -2.15. The normalized spacial score (nSPS) is 10.4. The average Bonchev–Trinajstić information content (AvgIpc) is 2.93. The molecule has 0 aliphatic rings. The summed E-state index contributed by atoms with van der Waals surface area (Å²) in [5.74, 6) is 0. The molecule has 0 saturated heterocycles. The second-order valence-electron chi connectivity index (χ2n) is 9.39. The first kappa shape index (κ1) is 25.2. The van der Waals surface area contributed by atoms with Gasteiger partial charge >= 0.3 is 0 Å². The van der Waals surface area contributed by atoms with Crippen molar-refractivity contribution in [1.82, 2.24) is 0 Å². The van der Waals surface area contributed by atoms with E-state index in [9.17, 15) is 0 Å². The first-order chi connectivity index (χ1) is 17.7. The highest BCUT2D eigenvalue weighted by molar-refractivity contribution is 5.79. The van der Waals surface area contributed by atoms with Crippen LogP contribution in [0.3, 0.4) is 0 Å². The van der Waals surface area contributed by atoms with Crippen LogP contribution in [0, 0.1) is 13.8 Å². The quantitative estimate of drug-likeness (QED) is 0.232. The van der Waals surface area contributed by atoms with Crippen LogP contribution in [0.4, 0.5) is 0 Å². The summed E-state index contributed by atoms with van der Waals surface area (Å²) < 4.78 is 0. The van der Waals surface area contributed by atoms with E-state index >= 15 is 0 Å². The van der Waals surface area contributed by atoms with Crippen molar-refractivity contribution in [3.8, 4) is 33.4 Å². The fraction of sp³-hybridized carbons (Fsp3) is 0.167. The van der Waals surface area contributed by atoms with Gasteiger partial charge in [-0.05, 0) is 83.3 Å². The van der Waals surface area contributed by atoms with E-state index in [-0.39, 0.29) is 0 Å². The third-order valence-corrected chi connectivity index (χ3v) is 6.59. The van der Waals surface area contributed by atoms with Crippen molar-refractivity contribution in [3.63, 3.8) is 0 Å². The maximum absolute atomic E-state index is 2.39. The van der Waals surface area contributed by atoms with Gasteiger partial charge in [0.1, 0.15) is 0 Å². The summed E-state index contributed by atoms with van der Waals surface area (Å²) in [5, 5.41) is 0. The van der Waals surface area contributed by atoms with Crippen LogP contribution in [-0.4, -0.2) is 0 Å². The van der Waals surface area contributed by atoms with Crippen molar-refractivity contribution < 1.29 is 0 Å². The summed E-state index contributed by atoms with van der Waals surface area (Å²) >= 11 is 0. The van der Waals surface area contributed by atoms with Crippen molar-refractivity contribution in [2.75, 3.05) is 0 Å². The van der Waals surface area contributed by atoms with E-state index < -0.39 is 0 Å². The van der Waals surface area contributed by atoms with Crippen molar-refractivity contribution in [2.45, 2.75) is 40.0 Å². The number of rotatable bonds is 6. The Morgan fingerprint density at radius 2 is 1.06 bits per heavy atom. The van der Waals surface area contributed by atoms with Crippen LogP contribution in [0.1, 0.15) is 36.5 Å². The monoisotopic (exact) mass is 468 g/mol. The molecule has 0 heteroatoms. The number of unbranched alkanes of at least 4 members (excludes halogenated alkanes) is 1. The minimum Gasteiger partial charge on any atom is -0.0654 e. The predicted molar refractivity (Wildman–Crippen MR) is 157 cm³/mol. The van der Waals surface area contributed by atoms with Gasteiger partial charge in [0.25, 0.3) is 0 Å². The largest absolute Gasteiger partial charge is 0.0654 e. The SMILES string of the molecule is CCCCc1ccc(-c2cccc(-c3ccccc3)c2)cc1-c1ccccc1C.Cc1ccccc1. The lowest BCUT2D eigenvalue weighted by atomic mass is 9.90. The van der Waals surface area contributed by atoms with Crippen LogP contribution < -0.4 is 0 Å². The lowest BCUT2D eigenvalue weighted by molar-refractivity contribution is 0.796. The molecule has 0 radical (unpaired) electrons. The van der Waals surface area contributed by atoms with E-state index in [1.54, 1.807) is 0 Å². The summed E-state index contributed by atoms with van der Waals surface area (Å²) in [4.78, 5) is 0. The highest BCUT2D eigenvalue weighted by Crippen LogP contribution is 2.34. The van der Waals surface area contributed by atoms with Crippen LogP contribution in [0.5, 0.6) is 0 Å². The minimum atomic E-state index is 1.13. The molecule has 0 saturated carbocycles. The highest BCUT2D eigenvalue weighted by atomic mass is 14.1. The van der Waals surface area contributed by atoms with Crippen LogP contribution in [0.25, 0.3) is 33.4 Å². The zero-order valence-electron chi connectivity index (χ0n) is 21.7. The predicted octanol–water partition coefficient (Wildman–Crippen LogP) is 10.3. The van der Waals surface area contributed by atoms with E-state index in [0.717, 1.165) is 6.42 Å². The number of aryl methyl sites for hydroxylation is 3. The van der Waals surface area contributed by atoms with Gasteiger partial charge in [-0.25, -0.2) is 0 Å². The Bertz CT molecular complexity index is 1360. The first-order valence-electron chi connectivity index (χ1n) is 13.0. The molecule has 0 aliphatic heterocycles. The molecule has 0 atom stereocenters. The second kappa shape index (κ2) is 12.7. The van der Waals surface area contributed by atoms with Crippen molar-refractivity contribution in [3.05, 3.63) is 144 Å². The van der Waals surface area contributed by atoms with Crippen LogP contribution in [0.15, 0.2) is 127 Å². The van der Waals surface area contributed by atoms with Crippen LogP contribution >= 0.6 is 0 Å². The van der Waals surface area contributed by atoms with Crippen LogP contribution in [0.2, 0.25) is 0 Å². The molecule has 0 heterocycles. The van der Waals surface area contributed by atoms with Gasteiger partial charge in [0.05, 0.1) is 0 Å². The Morgan fingerprint density at radius 1 is 0.472 bits per heavy atom. The minimum absolute atomic E-state index is 1.13. The topological polar surface area (TPSA) is 0 Å². The fourth-order valence-corrected chi connectivity index (χ4v) is 4.51.